The fourth-order valence-electron chi connectivity index (χ4n) is 5.15. The van der Waals surface area contributed by atoms with Crippen molar-refractivity contribution in [2.75, 3.05) is 20.2 Å². The number of fused-ring (bicyclic) bond motifs is 1. The summed E-state index contributed by atoms with van der Waals surface area (Å²) in [5.41, 5.74) is 1.02. The van der Waals surface area contributed by atoms with Crippen LogP contribution in [0.2, 0.25) is 0 Å². The first kappa shape index (κ1) is 24.6. The highest BCUT2D eigenvalue weighted by Gasteiger charge is 2.41. The molecule has 1 aromatic carbocycles. The second-order valence-corrected chi connectivity index (χ2v) is 10.3. The van der Waals surface area contributed by atoms with Gasteiger partial charge in [-0.2, -0.15) is 5.26 Å². The Kier molecular flexibility index (Phi) is 7.01. The second-order valence-electron chi connectivity index (χ2n) is 10.3. The molecule has 186 valence electrons. The van der Waals surface area contributed by atoms with E-state index >= 15 is 0 Å². The first-order valence-corrected chi connectivity index (χ1v) is 12.2. The number of hydrogen-bond donors (Lipinski definition) is 3. The lowest BCUT2D eigenvalue weighted by molar-refractivity contribution is -0.130. The van der Waals surface area contributed by atoms with Gasteiger partial charge in [0, 0.05) is 29.9 Å². The normalized spacial score (nSPS) is 22.7. The molecule has 2 aliphatic rings. The number of piperidine rings is 2. The molecule has 2 fully saturated rings. The van der Waals surface area contributed by atoms with Crippen molar-refractivity contribution in [3.8, 4) is 11.8 Å². The number of nitrogens with zero attached hydrogens (tertiary/aromatic N) is 2. The Morgan fingerprint density at radius 2 is 2.14 bits per heavy atom. The van der Waals surface area contributed by atoms with E-state index in [2.05, 4.69) is 35.5 Å². The minimum absolute atomic E-state index is 0.0730. The van der Waals surface area contributed by atoms with Crippen LogP contribution in [0.15, 0.2) is 24.3 Å². The summed E-state index contributed by atoms with van der Waals surface area (Å²) >= 11 is 0. The standard InChI is InChI=1S/C26H33N5O4/c1-26(2)10-9-21(24(33)29-17(14-27)12-16-6-5-11-28-23(16)32)31(15-26)25(34)20-13-18-19(30-20)7-4-8-22(18)35-3/h4,7-8,13,16-17,21,30H,5-6,9-12,15H2,1-3H3,(H,28,32)(H,29,33)/t16-,17-,21-/m0/s1. The molecule has 35 heavy (non-hydrogen) atoms. The summed E-state index contributed by atoms with van der Waals surface area (Å²) < 4.78 is 5.42. The molecule has 4 rings (SSSR count). The third-order valence-electron chi connectivity index (χ3n) is 7.10. The zero-order chi connectivity index (χ0) is 25.2. The van der Waals surface area contributed by atoms with Gasteiger partial charge in [0.1, 0.15) is 23.5 Å². The zero-order valence-electron chi connectivity index (χ0n) is 20.5. The molecule has 2 aliphatic heterocycles. The van der Waals surface area contributed by atoms with Crippen LogP contribution in [0.3, 0.4) is 0 Å². The Balaban J connectivity index is 1.54. The maximum absolute atomic E-state index is 13.6. The van der Waals surface area contributed by atoms with Crippen molar-refractivity contribution in [2.24, 2.45) is 11.3 Å². The third-order valence-corrected chi connectivity index (χ3v) is 7.10. The van der Waals surface area contributed by atoms with Gasteiger partial charge in [-0.3, -0.25) is 14.4 Å². The number of benzene rings is 1. The van der Waals surface area contributed by atoms with Gasteiger partial charge in [-0.05, 0) is 55.7 Å². The van der Waals surface area contributed by atoms with Gasteiger partial charge < -0.3 is 25.3 Å². The number of nitriles is 1. The molecule has 9 heteroatoms. The van der Waals surface area contributed by atoms with E-state index in [1.54, 1.807) is 18.1 Å². The topological polar surface area (TPSA) is 127 Å². The van der Waals surface area contributed by atoms with Crippen molar-refractivity contribution in [1.29, 1.82) is 5.26 Å². The summed E-state index contributed by atoms with van der Waals surface area (Å²) in [4.78, 5) is 43.9. The quantitative estimate of drug-likeness (QED) is 0.587. The number of hydrogen-bond acceptors (Lipinski definition) is 5. The third kappa shape index (κ3) is 5.26. The Labute approximate surface area is 205 Å². The minimum atomic E-state index is -0.791. The summed E-state index contributed by atoms with van der Waals surface area (Å²) in [7, 11) is 1.58. The molecule has 2 saturated heterocycles. The summed E-state index contributed by atoms with van der Waals surface area (Å²) in [5.74, 6) is -0.328. The smallest absolute Gasteiger partial charge is 0.271 e. The maximum Gasteiger partial charge on any atom is 0.271 e. The molecule has 3 heterocycles. The average molecular weight is 480 g/mol. The number of aromatic nitrogens is 1. The molecule has 0 aliphatic carbocycles. The van der Waals surface area contributed by atoms with E-state index in [0.717, 1.165) is 23.7 Å². The average Bonchev–Trinajstić information content (AvgIpc) is 3.28. The predicted octanol–water partition coefficient (Wildman–Crippen LogP) is 2.73. The van der Waals surface area contributed by atoms with Gasteiger partial charge in [0.2, 0.25) is 11.8 Å². The lowest BCUT2D eigenvalue weighted by Crippen LogP contribution is -2.57. The largest absolute Gasteiger partial charge is 0.496 e. The fraction of sp³-hybridized carbons (Fsp3) is 0.538. The van der Waals surface area contributed by atoms with Crippen LogP contribution in [0.4, 0.5) is 0 Å². The van der Waals surface area contributed by atoms with E-state index in [9.17, 15) is 19.6 Å². The number of amides is 3. The Hall–Kier alpha value is -3.54. The number of rotatable bonds is 6. The second kappa shape index (κ2) is 9.98. The molecule has 9 nitrogen and oxygen atoms in total. The SMILES string of the molecule is COc1cccc2[nH]c(C(=O)N3CC(C)(C)CC[C@H]3C(=O)N[C@H](C#N)C[C@@H]3CCCNC3=O)cc12. The molecule has 3 N–H and O–H groups in total. The Morgan fingerprint density at radius 1 is 1.34 bits per heavy atom. The van der Waals surface area contributed by atoms with Crippen molar-refractivity contribution >= 4 is 28.6 Å². The van der Waals surface area contributed by atoms with Crippen LogP contribution in [-0.4, -0.2) is 59.9 Å². The predicted molar refractivity (Wildman–Crippen MR) is 131 cm³/mol. The summed E-state index contributed by atoms with van der Waals surface area (Å²) in [6, 6.07) is 7.95. The van der Waals surface area contributed by atoms with Crippen LogP contribution >= 0.6 is 0 Å². The number of likely N-dealkylation sites (tertiary alicyclic amines) is 1. The van der Waals surface area contributed by atoms with Gasteiger partial charge >= 0.3 is 0 Å². The molecule has 0 unspecified atom stereocenters. The van der Waals surface area contributed by atoms with Crippen LogP contribution in [0.5, 0.6) is 5.75 Å². The van der Waals surface area contributed by atoms with Crippen molar-refractivity contribution in [3.05, 3.63) is 30.0 Å². The fourth-order valence-corrected chi connectivity index (χ4v) is 5.15. The van der Waals surface area contributed by atoms with Gasteiger partial charge in [-0.15, -0.1) is 0 Å². The first-order valence-electron chi connectivity index (χ1n) is 12.2. The minimum Gasteiger partial charge on any atom is -0.496 e. The molecular weight excluding hydrogens is 446 g/mol. The van der Waals surface area contributed by atoms with E-state index in [1.807, 2.05) is 18.2 Å². The van der Waals surface area contributed by atoms with E-state index in [4.69, 9.17) is 4.74 Å². The Morgan fingerprint density at radius 3 is 2.86 bits per heavy atom. The zero-order valence-corrected chi connectivity index (χ0v) is 20.5. The molecule has 0 radical (unpaired) electrons. The van der Waals surface area contributed by atoms with Crippen LogP contribution in [0, 0.1) is 22.7 Å². The van der Waals surface area contributed by atoms with Crippen LogP contribution in [0.1, 0.15) is 56.4 Å². The van der Waals surface area contributed by atoms with Crippen molar-refractivity contribution < 1.29 is 19.1 Å². The summed E-state index contributed by atoms with van der Waals surface area (Å²) in [5, 5.41) is 16.1. The van der Waals surface area contributed by atoms with Gasteiger partial charge in [0.05, 0.1) is 13.2 Å². The molecule has 3 amide bonds. The van der Waals surface area contributed by atoms with E-state index in [1.165, 1.54) is 0 Å². The van der Waals surface area contributed by atoms with Crippen LogP contribution in [-0.2, 0) is 9.59 Å². The maximum atomic E-state index is 13.6. The van der Waals surface area contributed by atoms with Gasteiger partial charge in [0.25, 0.3) is 5.91 Å². The van der Waals surface area contributed by atoms with Crippen LogP contribution in [0.25, 0.3) is 10.9 Å². The van der Waals surface area contributed by atoms with Crippen LogP contribution < -0.4 is 15.4 Å². The summed E-state index contributed by atoms with van der Waals surface area (Å²) in [6.07, 6.45) is 3.10. The highest BCUT2D eigenvalue weighted by molar-refractivity contribution is 6.01. The first-order chi connectivity index (χ1) is 16.7. The number of methoxy groups -OCH3 is 1. The number of nitrogens with one attached hydrogen (secondary N) is 3. The highest BCUT2D eigenvalue weighted by atomic mass is 16.5. The van der Waals surface area contributed by atoms with E-state index < -0.39 is 12.1 Å². The van der Waals surface area contributed by atoms with Gasteiger partial charge in [-0.1, -0.05) is 19.9 Å². The molecule has 0 bridgehead atoms. The van der Waals surface area contributed by atoms with E-state index in [-0.39, 0.29) is 35.5 Å². The van der Waals surface area contributed by atoms with Gasteiger partial charge in [0.15, 0.2) is 0 Å². The highest BCUT2D eigenvalue weighted by Crippen LogP contribution is 2.34. The van der Waals surface area contributed by atoms with Crippen molar-refractivity contribution in [2.45, 2.75) is 58.0 Å². The number of H-pyrrole nitrogens is 1. The Bertz CT molecular complexity index is 1160. The van der Waals surface area contributed by atoms with Gasteiger partial charge in [-0.25, -0.2) is 0 Å². The number of carbonyl (C=O) groups excluding carboxylic acids is 3. The molecular formula is C26H33N5O4. The van der Waals surface area contributed by atoms with Crippen molar-refractivity contribution in [3.63, 3.8) is 0 Å². The molecule has 3 atom stereocenters. The van der Waals surface area contributed by atoms with E-state index in [0.29, 0.717) is 37.4 Å². The number of aromatic amines is 1. The monoisotopic (exact) mass is 479 g/mol. The number of ether oxygens (including phenoxy) is 1. The summed E-state index contributed by atoms with van der Waals surface area (Å²) in [6.45, 7) is 5.22. The lowest BCUT2D eigenvalue weighted by Gasteiger charge is -2.43. The molecule has 2 aromatic rings. The molecule has 1 aromatic heterocycles. The number of carbonyl (C=O) groups is 3. The molecule has 0 saturated carbocycles. The molecule has 0 spiro atoms. The lowest BCUT2D eigenvalue weighted by atomic mass is 9.80. The van der Waals surface area contributed by atoms with Crippen molar-refractivity contribution in [1.82, 2.24) is 20.5 Å².